The predicted molar refractivity (Wildman–Crippen MR) is 48.8 cm³/mol. The number of hydrogen-bond acceptors (Lipinski definition) is 4. The number of aliphatic hydroxyl groups excluding tert-OH is 1. The van der Waals surface area contributed by atoms with Crippen LogP contribution in [0.1, 0.15) is 6.92 Å². The first-order valence-corrected chi connectivity index (χ1v) is 3.81. The summed E-state index contributed by atoms with van der Waals surface area (Å²) >= 11 is 0. The lowest BCUT2D eigenvalue weighted by atomic mass is 10.3. The molecule has 1 rings (SSSR count). The zero-order valence-electron chi connectivity index (χ0n) is 6.99. The second kappa shape index (κ2) is 3.92. The lowest BCUT2D eigenvalue weighted by Crippen LogP contribution is -2.19. The Hall–Kier alpha value is -1.29. The highest BCUT2D eigenvalue weighted by Crippen LogP contribution is 2.07. The van der Waals surface area contributed by atoms with Gasteiger partial charge < -0.3 is 16.2 Å². The van der Waals surface area contributed by atoms with E-state index < -0.39 is 0 Å². The maximum atomic E-state index is 8.74. The summed E-state index contributed by atoms with van der Waals surface area (Å²) in [4.78, 5) is 3.90. The average Bonchev–Trinajstić information content (AvgIpc) is 2.09. The van der Waals surface area contributed by atoms with E-state index >= 15 is 0 Å². The third-order valence-corrected chi connectivity index (χ3v) is 1.47. The van der Waals surface area contributed by atoms with Crippen molar-refractivity contribution in [1.82, 2.24) is 4.98 Å². The predicted octanol–water partition coefficient (Wildman–Crippen LogP) is 0.456. The first-order valence-electron chi connectivity index (χ1n) is 3.81. The maximum Gasteiger partial charge on any atom is 0.123 e. The zero-order chi connectivity index (χ0) is 8.97. The molecular weight excluding hydrogens is 154 g/mol. The van der Waals surface area contributed by atoms with E-state index in [0.29, 0.717) is 5.82 Å². The van der Waals surface area contributed by atoms with Gasteiger partial charge >= 0.3 is 0 Å². The number of rotatable bonds is 3. The normalized spacial score (nSPS) is 12.5. The molecule has 0 aliphatic carbocycles. The fourth-order valence-corrected chi connectivity index (χ4v) is 0.821. The van der Waals surface area contributed by atoms with Crippen molar-refractivity contribution in [1.29, 1.82) is 0 Å². The van der Waals surface area contributed by atoms with E-state index in [-0.39, 0.29) is 12.6 Å². The highest BCUT2D eigenvalue weighted by Gasteiger charge is 1.98. The van der Waals surface area contributed by atoms with Crippen molar-refractivity contribution in [2.24, 2.45) is 0 Å². The molecule has 0 bridgehead atoms. The molecule has 0 aromatic carbocycles. The summed E-state index contributed by atoms with van der Waals surface area (Å²) in [6.07, 6.45) is 1.64. The number of nitrogens with zero attached hydrogens (tertiary/aromatic N) is 1. The van der Waals surface area contributed by atoms with Gasteiger partial charge in [-0.15, -0.1) is 0 Å². The first-order chi connectivity index (χ1) is 5.72. The van der Waals surface area contributed by atoms with E-state index in [4.69, 9.17) is 10.8 Å². The largest absolute Gasteiger partial charge is 0.394 e. The lowest BCUT2D eigenvalue weighted by molar-refractivity contribution is 0.281. The topological polar surface area (TPSA) is 71.2 Å². The Morgan fingerprint density at radius 1 is 1.67 bits per heavy atom. The molecule has 0 aliphatic heterocycles. The summed E-state index contributed by atoms with van der Waals surface area (Å²) in [5.41, 5.74) is 6.27. The van der Waals surface area contributed by atoms with Gasteiger partial charge in [0.15, 0.2) is 0 Å². The number of nitrogens with two attached hydrogens (primary N) is 1. The fraction of sp³-hybridized carbons (Fsp3) is 0.375. The third kappa shape index (κ3) is 2.39. The highest BCUT2D eigenvalue weighted by molar-refractivity contribution is 5.45. The summed E-state index contributed by atoms with van der Waals surface area (Å²) in [6, 6.07) is 3.58. The van der Waals surface area contributed by atoms with Gasteiger partial charge in [0.2, 0.25) is 0 Å². The molecule has 0 spiro atoms. The van der Waals surface area contributed by atoms with Gasteiger partial charge in [0, 0.05) is 6.04 Å². The van der Waals surface area contributed by atoms with Crippen LogP contribution in [0.15, 0.2) is 18.3 Å². The van der Waals surface area contributed by atoms with Crippen LogP contribution < -0.4 is 11.1 Å². The van der Waals surface area contributed by atoms with Crippen LogP contribution in [0, 0.1) is 0 Å². The molecule has 0 aliphatic rings. The molecule has 1 heterocycles. The van der Waals surface area contributed by atoms with Crippen LogP contribution in [0.4, 0.5) is 11.5 Å². The van der Waals surface area contributed by atoms with Crippen molar-refractivity contribution in [3.63, 3.8) is 0 Å². The molecule has 0 amide bonds. The Bertz CT molecular complexity index is 235. The summed E-state index contributed by atoms with van der Waals surface area (Å²) in [5.74, 6) is 0.497. The fourth-order valence-electron chi connectivity index (χ4n) is 0.821. The molecule has 0 fully saturated rings. The molecule has 1 unspecified atom stereocenters. The van der Waals surface area contributed by atoms with Gasteiger partial charge in [-0.1, -0.05) is 0 Å². The quantitative estimate of drug-likeness (QED) is 0.611. The van der Waals surface area contributed by atoms with Crippen molar-refractivity contribution >= 4 is 11.5 Å². The number of pyridine rings is 1. The third-order valence-electron chi connectivity index (χ3n) is 1.47. The zero-order valence-corrected chi connectivity index (χ0v) is 6.99. The minimum absolute atomic E-state index is 0.0374. The van der Waals surface area contributed by atoms with E-state index in [0.717, 1.165) is 5.69 Å². The van der Waals surface area contributed by atoms with Crippen LogP contribution in [0.5, 0.6) is 0 Å². The minimum Gasteiger partial charge on any atom is -0.394 e. The molecular formula is C8H13N3O. The first kappa shape index (κ1) is 8.80. The highest BCUT2D eigenvalue weighted by atomic mass is 16.3. The van der Waals surface area contributed by atoms with Gasteiger partial charge in [0.1, 0.15) is 5.82 Å². The van der Waals surface area contributed by atoms with Crippen molar-refractivity contribution < 1.29 is 5.11 Å². The van der Waals surface area contributed by atoms with Crippen LogP contribution in [0.25, 0.3) is 0 Å². The van der Waals surface area contributed by atoms with E-state index in [1.54, 1.807) is 12.3 Å². The smallest absolute Gasteiger partial charge is 0.123 e. The molecule has 0 radical (unpaired) electrons. The summed E-state index contributed by atoms with van der Waals surface area (Å²) in [5, 5.41) is 11.8. The lowest BCUT2D eigenvalue weighted by Gasteiger charge is -2.11. The number of nitrogens with one attached hydrogen (secondary N) is 1. The van der Waals surface area contributed by atoms with Crippen molar-refractivity contribution in [3.8, 4) is 0 Å². The van der Waals surface area contributed by atoms with Gasteiger partial charge in [-0.2, -0.15) is 0 Å². The average molecular weight is 167 g/mol. The van der Waals surface area contributed by atoms with Crippen molar-refractivity contribution in [3.05, 3.63) is 18.3 Å². The molecule has 4 heteroatoms. The molecule has 12 heavy (non-hydrogen) atoms. The molecule has 1 aromatic rings. The second-order valence-electron chi connectivity index (χ2n) is 2.70. The van der Waals surface area contributed by atoms with Crippen LogP contribution >= 0.6 is 0 Å². The van der Waals surface area contributed by atoms with Gasteiger partial charge in [-0.3, -0.25) is 0 Å². The molecule has 66 valence electrons. The van der Waals surface area contributed by atoms with Crippen LogP contribution in [0.3, 0.4) is 0 Å². The molecule has 4 N–H and O–H groups in total. The van der Waals surface area contributed by atoms with Crippen LogP contribution in [0.2, 0.25) is 0 Å². The van der Waals surface area contributed by atoms with E-state index in [2.05, 4.69) is 10.3 Å². The monoisotopic (exact) mass is 167 g/mol. The van der Waals surface area contributed by atoms with Crippen molar-refractivity contribution in [2.45, 2.75) is 13.0 Å². The number of nitrogen functional groups attached to an aromatic ring is 1. The Kier molecular flexibility index (Phi) is 2.88. The Balaban J connectivity index is 2.58. The molecule has 0 saturated carbocycles. The molecule has 4 nitrogen and oxygen atoms in total. The standard InChI is InChI=1S/C8H13N3O/c1-6(5-12)11-7-2-3-8(9)10-4-7/h2-4,6,11-12H,5H2,1H3,(H2,9,10). The molecule has 1 aromatic heterocycles. The summed E-state index contributed by atoms with van der Waals surface area (Å²) in [6.45, 7) is 1.99. The number of anilines is 2. The van der Waals surface area contributed by atoms with E-state index in [9.17, 15) is 0 Å². The Morgan fingerprint density at radius 2 is 2.42 bits per heavy atom. The van der Waals surface area contributed by atoms with E-state index in [1.165, 1.54) is 0 Å². The van der Waals surface area contributed by atoms with Gasteiger partial charge in [0.25, 0.3) is 0 Å². The van der Waals surface area contributed by atoms with Gasteiger partial charge in [0.05, 0.1) is 18.5 Å². The van der Waals surface area contributed by atoms with E-state index in [1.807, 2.05) is 13.0 Å². The minimum atomic E-state index is 0.0374. The molecule has 1 atom stereocenters. The SMILES string of the molecule is CC(CO)Nc1ccc(N)nc1. The van der Waals surface area contributed by atoms with Gasteiger partial charge in [-0.25, -0.2) is 4.98 Å². The molecule has 0 saturated heterocycles. The van der Waals surface area contributed by atoms with Crippen molar-refractivity contribution in [2.75, 3.05) is 17.7 Å². The number of aliphatic hydroxyl groups is 1. The Morgan fingerprint density at radius 3 is 2.92 bits per heavy atom. The summed E-state index contributed by atoms with van der Waals surface area (Å²) in [7, 11) is 0. The number of hydrogen-bond donors (Lipinski definition) is 3. The Labute approximate surface area is 71.4 Å². The number of aromatic nitrogens is 1. The van der Waals surface area contributed by atoms with Crippen LogP contribution in [-0.2, 0) is 0 Å². The second-order valence-corrected chi connectivity index (χ2v) is 2.70. The van der Waals surface area contributed by atoms with Gasteiger partial charge in [-0.05, 0) is 19.1 Å². The maximum absolute atomic E-state index is 8.74. The summed E-state index contributed by atoms with van der Waals surface area (Å²) < 4.78 is 0. The van der Waals surface area contributed by atoms with Crippen LogP contribution in [-0.4, -0.2) is 22.7 Å².